The summed E-state index contributed by atoms with van der Waals surface area (Å²) in [4.78, 5) is 0.404. The fraction of sp³-hybridized carbons (Fsp3) is 0.533. The van der Waals surface area contributed by atoms with Gasteiger partial charge in [-0.2, -0.15) is 0 Å². The number of hydrogen-bond acceptors (Lipinski definition) is 4. The maximum atomic E-state index is 5.62. The quantitative estimate of drug-likeness (QED) is 0.588. The van der Waals surface area contributed by atoms with Crippen LogP contribution in [0.2, 0.25) is 0 Å². The van der Waals surface area contributed by atoms with E-state index in [4.69, 9.17) is 32.2 Å². The van der Waals surface area contributed by atoms with E-state index in [9.17, 15) is 0 Å². The predicted octanol–water partition coefficient (Wildman–Crippen LogP) is 2.14. The van der Waals surface area contributed by atoms with E-state index in [0.29, 0.717) is 17.5 Å². The lowest BCUT2D eigenvalue weighted by atomic mass is 10.1. The molecular weight excluding hydrogens is 274 g/mol. The molecule has 1 aliphatic rings. The molecule has 4 nitrogen and oxygen atoms in total. The van der Waals surface area contributed by atoms with E-state index in [2.05, 4.69) is 0 Å². The van der Waals surface area contributed by atoms with Crippen molar-refractivity contribution in [1.82, 2.24) is 0 Å². The summed E-state index contributed by atoms with van der Waals surface area (Å²) in [6.45, 7) is 3.88. The fourth-order valence-electron chi connectivity index (χ4n) is 2.03. The molecular formula is C15H21NO3S. The summed E-state index contributed by atoms with van der Waals surface area (Å²) >= 11 is 4.90. The molecule has 1 saturated heterocycles. The minimum absolute atomic E-state index is 0.404. The van der Waals surface area contributed by atoms with Crippen LogP contribution in [0.5, 0.6) is 5.75 Å². The molecule has 1 unspecified atom stereocenters. The number of benzene rings is 1. The van der Waals surface area contributed by atoms with Crippen LogP contribution in [0.1, 0.15) is 18.4 Å². The summed E-state index contributed by atoms with van der Waals surface area (Å²) in [5.74, 6) is 1.40. The maximum absolute atomic E-state index is 5.62. The zero-order valence-corrected chi connectivity index (χ0v) is 12.4. The minimum atomic E-state index is 0.404. The topological polar surface area (TPSA) is 53.7 Å². The Morgan fingerprint density at radius 3 is 2.75 bits per heavy atom. The standard InChI is InChI=1S/C15H21NO3S/c16-15(20)13-2-4-14(5-3-13)19-8-1-7-17-10-12-6-9-18-11-12/h2-5,12H,1,6-11H2,(H2,16,20). The summed E-state index contributed by atoms with van der Waals surface area (Å²) in [5, 5.41) is 0. The van der Waals surface area contributed by atoms with Gasteiger partial charge in [0.2, 0.25) is 0 Å². The van der Waals surface area contributed by atoms with Gasteiger partial charge in [-0.3, -0.25) is 0 Å². The van der Waals surface area contributed by atoms with Crippen LogP contribution in [-0.2, 0) is 9.47 Å². The molecule has 0 saturated carbocycles. The van der Waals surface area contributed by atoms with E-state index in [-0.39, 0.29) is 0 Å². The second-order valence-electron chi connectivity index (χ2n) is 4.90. The van der Waals surface area contributed by atoms with Crippen molar-refractivity contribution < 1.29 is 14.2 Å². The average Bonchev–Trinajstić information content (AvgIpc) is 2.96. The fourth-order valence-corrected chi connectivity index (χ4v) is 2.17. The van der Waals surface area contributed by atoms with Gasteiger partial charge in [-0.05, 0) is 30.7 Å². The zero-order valence-electron chi connectivity index (χ0n) is 11.5. The first-order chi connectivity index (χ1) is 9.75. The van der Waals surface area contributed by atoms with Crippen molar-refractivity contribution in [3.63, 3.8) is 0 Å². The van der Waals surface area contributed by atoms with Crippen LogP contribution in [0, 0.1) is 5.92 Å². The molecule has 1 aromatic rings. The van der Waals surface area contributed by atoms with Gasteiger partial charge in [0.1, 0.15) is 10.7 Å². The van der Waals surface area contributed by atoms with Crippen molar-refractivity contribution in [2.75, 3.05) is 33.0 Å². The molecule has 0 aromatic heterocycles. The third kappa shape index (κ3) is 5.07. The molecule has 1 heterocycles. The minimum Gasteiger partial charge on any atom is -0.494 e. The number of ether oxygens (including phenoxy) is 3. The van der Waals surface area contributed by atoms with E-state index in [0.717, 1.165) is 50.6 Å². The Kier molecular flexibility index (Phi) is 6.24. The van der Waals surface area contributed by atoms with Crippen molar-refractivity contribution in [3.8, 4) is 5.75 Å². The van der Waals surface area contributed by atoms with Gasteiger partial charge in [0.25, 0.3) is 0 Å². The van der Waals surface area contributed by atoms with Crippen LogP contribution in [0.4, 0.5) is 0 Å². The first-order valence-electron chi connectivity index (χ1n) is 6.94. The lowest BCUT2D eigenvalue weighted by Gasteiger charge is -2.09. The van der Waals surface area contributed by atoms with Crippen molar-refractivity contribution in [2.45, 2.75) is 12.8 Å². The SMILES string of the molecule is NC(=S)c1ccc(OCCCOCC2CCOC2)cc1. The molecule has 1 aliphatic heterocycles. The molecule has 20 heavy (non-hydrogen) atoms. The third-order valence-electron chi connectivity index (χ3n) is 3.22. The second-order valence-corrected chi connectivity index (χ2v) is 5.34. The lowest BCUT2D eigenvalue weighted by Crippen LogP contribution is -2.11. The summed E-state index contributed by atoms with van der Waals surface area (Å²) in [7, 11) is 0. The Morgan fingerprint density at radius 2 is 2.10 bits per heavy atom. The Bertz CT molecular complexity index is 416. The average molecular weight is 295 g/mol. The van der Waals surface area contributed by atoms with Crippen LogP contribution in [0.15, 0.2) is 24.3 Å². The zero-order chi connectivity index (χ0) is 14.2. The van der Waals surface area contributed by atoms with Crippen LogP contribution in [0.25, 0.3) is 0 Å². The highest BCUT2D eigenvalue weighted by Gasteiger charge is 2.15. The van der Waals surface area contributed by atoms with Gasteiger partial charge >= 0.3 is 0 Å². The first-order valence-corrected chi connectivity index (χ1v) is 7.34. The number of rotatable bonds is 8. The molecule has 110 valence electrons. The third-order valence-corrected chi connectivity index (χ3v) is 3.45. The highest BCUT2D eigenvalue weighted by atomic mass is 32.1. The molecule has 2 N–H and O–H groups in total. The van der Waals surface area contributed by atoms with Crippen LogP contribution >= 0.6 is 12.2 Å². The molecule has 1 fully saturated rings. The molecule has 1 aromatic carbocycles. The molecule has 0 radical (unpaired) electrons. The van der Waals surface area contributed by atoms with Crippen LogP contribution < -0.4 is 10.5 Å². The molecule has 0 spiro atoms. The summed E-state index contributed by atoms with van der Waals surface area (Å²) in [5.41, 5.74) is 6.39. The Balaban J connectivity index is 1.55. The van der Waals surface area contributed by atoms with Gasteiger partial charge in [0, 0.05) is 31.1 Å². The summed E-state index contributed by atoms with van der Waals surface area (Å²) in [6.07, 6.45) is 2.00. The number of hydrogen-bond donors (Lipinski definition) is 1. The highest BCUT2D eigenvalue weighted by Crippen LogP contribution is 2.13. The highest BCUT2D eigenvalue weighted by molar-refractivity contribution is 7.80. The number of nitrogens with two attached hydrogens (primary N) is 1. The summed E-state index contributed by atoms with van der Waals surface area (Å²) < 4.78 is 16.5. The lowest BCUT2D eigenvalue weighted by molar-refractivity contribution is 0.0814. The van der Waals surface area contributed by atoms with E-state index < -0.39 is 0 Å². The largest absolute Gasteiger partial charge is 0.494 e. The molecule has 1 atom stereocenters. The molecule has 5 heteroatoms. The summed E-state index contributed by atoms with van der Waals surface area (Å²) in [6, 6.07) is 7.50. The van der Waals surface area contributed by atoms with E-state index >= 15 is 0 Å². The van der Waals surface area contributed by atoms with Crippen molar-refractivity contribution in [2.24, 2.45) is 11.7 Å². The van der Waals surface area contributed by atoms with Gasteiger partial charge in [0.15, 0.2) is 0 Å². The predicted molar refractivity (Wildman–Crippen MR) is 82.2 cm³/mol. The molecule has 0 amide bonds. The second kappa shape index (κ2) is 8.19. The van der Waals surface area contributed by atoms with Gasteiger partial charge < -0.3 is 19.9 Å². The van der Waals surface area contributed by atoms with Crippen LogP contribution in [0.3, 0.4) is 0 Å². The van der Waals surface area contributed by atoms with E-state index in [1.165, 1.54) is 0 Å². The monoisotopic (exact) mass is 295 g/mol. The number of thiocarbonyl (C=S) groups is 1. The maximum Gasteiger partial charge on any atom is 0.119 e. The first kappa shape index (κ1) is 15.2. The normalized spacial score (nSPS) is 18.1. The van der Waals surface area contributed by atoms with E-state index in [1.54, 1.807) is 0 Å². The van der Waals surface area contributed by atoms with Gasteiger partial charge in [-0.15, -0.1) is 0 Å². The Hall–Kier alpha value is -1.17. The van der Waals surface area contributed by atoms with Crippen molar-refractivity contribution in [1.29, 1.82) is 0 Å². The van der Waals surface area contributed by atoms with E-state index in [1.807, 2.05) is 24.3 Å². The van der Waals surface area contributed by atoms with Gasteiger partial charge in [-0.25, -0.2) is 0 Å². The Morgan fingerprint density at radius 1 is 1.30 bits per heavy atom. The van der Waals surface area contributed by atoms with Gasteiger partial charge in [-0.1, -0.05) is 12.2 Å². The van der Waals surface area contributed by atoms with Crippen molar-refractivity contribution in [3.05, 3.63) is 29.8 Å². The molecule has 0 bridgehead atoms. The van der Waals surface area contributed by atoms with Gasteiger partial charge in [0.05, 0.1) is 19.8 Å². The Labute approximate surface area is 125 Å². The van der Waals surface area contributed by atoms with Crippen LogP contribution in [-0.4, -0.2) is 38.0 Å². The molecule has 2 rings (SSSR count). The smallest absolute Gasteiger partial charge is 0.119 e. The van der Waals surface area contributed by atoms with Crippen molar-refractivity contribution >= 4 is 17.2 Å². The molecule has 0 aliphatic carbocycles.